The van der Waals surface area contributed by atoms with Gasteiger partial charge in [0.05, 0.1) is 5.92 Å². The number of piperazine rings is 1. The molecule has 1 atom stereocenters. The molecule has 0 bridgehead atoms. The Bertz CT molecular complexity index is 952. The van der Waals surface area contributed by atoms with Crippen molar-refractivity contribution in [3.63, 3.8) is 0 Å². The van der Waals surface area contributed by atoms with E-state index in [4.69, 9.17) is 0 Å². The van der Waals surface area contributed by atoms with Gasteiger partial charge in [-0.3, -0.25) is 9.69 Å². The molecule has 2 aromatic rings. The van der Waals surface area contributed by atoms with Crippen molar-refractivity contribution in [2.24, 2.45) is 5.92 Å². The molecule has 0 radical (unpaired) electrons. The summed E-state index contributed by atoms with van der Waals surface area (Å²) in [5.74, 6) is 0.100. The van der Waals surface area contributed by atoms with Crippen molar-refractivity contribution in [2.45, 2.75) is 33.2 Å². The summed E-state index contributed by atoms with van der Waals surface area (Å²) < 4.78 is 0. The van der Waals surface area contributed by atoms with Gasteiger partial charge in [0, 0.05) is 51.5 Å². The van der Waals surface area contributed by atoms with Gasteiger partial charge in [-0.05, 0) is 55.5 Å². The third kappa shape index (κ3) is 5.49. The monoisotopic (exact) mass is 434 g/mol. The Labute approximate surface area is 191 Å². The molecule has 170 valence electrons. The minimum atomic E-state index is -0.115. The molecule has 0 saturated carbocycles. The van der Waals surface area contributed by atoms with E-state index in [2.05, 4.69) is 41.4 Å². The molecule has 4 rings (SSSR count). The number of rotatable bonds is 4. The highest BCUT2D eigenvalue weighted by Crippen LogP contribution is 2.22. The van der Waals surface area contributed by atoms with Gasteiger partial charge in [-0.25, -0.2) is 4.79 Å². The van der Waals surface area contributed by atoms with Crippen LogP contribution in [0, 0.1) is 19.8 Å². The van der Waals surface area contributed by atoms with Crippen LogP contribution in [-0.4, -0.2) is 65.9 Å². The zero-order chi connectivity index (χ0) is 22.5. The van der Waals surface area contributed by atoms with Crippen LogP contribution in [0.2, 0.25) is 0 Å². The van der Waals surface area contributed by atoms with Crippen LogP contribution in [0.15, 0.2) is 48.5 Å². The van der Waals surface area contributed by atoms with Gasteiger partial charge < -0.3 is 15.1 Å². The summed E-state index contributed by atoms with van der Waals surface area (Å²) in [6, 6.07) is 16.2. The molecule has 2 fully saturated rings. The molecule has 6 heteroatoms. The van der Waals surface area contributed by atoms with Crippen LogP contribution < -0.4 is 5.32 Å². The number of amides is 3. The molecule has 1 N–H and O–H groups in total. The molecule has 2 heterocycles. The maximum atomic E-state index is 13.2. The van der Waals surface area contributed by atoms with Gasteiger partial charge in [-0.15, -0.1) is 0 Å². The van der Waals surface area contributed by atoms with E-state index in [1.54, 1.807) is 4.90 Å². The normalized spacial score (nSPS) is 19.6. The first kappa shape index (κ1) is 22.3. The summed E-state index contributed by atoms with van der Waals surface area (Å²) in [7, 11) is 0. The predicted molar refractivity (Wildman–Crippen MR) is 128 cm³/mol. The molecular formula is C26H34N4O2. The van der Waals surface area contributed by atoms with Crippen LogP contribution in [0.4, 0.5) is 10.5 Å². The Morgan fingerprint density at radius 2 is 1.72 bits per heavy atom. The van der Waals surface area contributed by atoms with Crippen molar-refractivity contribution in [2.75, 3.05) is 44.6 Å². The predicted octanol–water partition coefficient (Wildman–Crippen LogP) is 3.89. The molecule has 32 heavy (non-hydrogen) atoms. The van der Waals surface area contributed by atoms with Crippen molar-refractivity contribution in [3.05, 3.63) is 65.2 Å². The number of nitrogens with one attached hydrogen (secondary N) is 1. The van der Waals surface area contributed by atoms with E-state index in [1.165, 1.54) is 11.1 Å². The van der Waals surface area contributed by atoms with Gasteiger partial charge in [0.15, 0.2) is 0 Å². The fourth-order valence-corrected chi connectivity index (χ4v) is 4.70. The first-order chi connectivity index (χ1) is 15.5. The second kappa shape index (κ2) is 10.2. The van der Waals surface area contributed by atoms with Gasteiger partial charge in [0.2, 0.25) is 5.91 Å². The van der Waals surface area contributed by atoms with Crippen molar-refractivity contribution in [1.29, 1.82) is 0 Å². The summed E-state index contributed by atoms with van der Waals surface area (Å²) in [6.45, 7) is 9.60. The summed E-state index contributed by atoms with van der Waals surface area (Å²) >= 11 is 0. The molecule has 2 saturated heterocycles. The van der Waals surface area contributed by atoms with Gasteiger partial charge in [0.25, 0.3) is 0 Å². The average Bonchev–Trinajstić information content (AvgIpc) is 2.81. The van der Waals surface area contributed by atoms with Crippen LogP contribution in [0.25, 0.3) is 0 Å². The SMILES string of the molecule is Cc1cccc(NC(=O)N2CCCC(C(=O)N3CCN(Cc4ccccc4C)CC3)C2)c1. The zero-order valence-electron chi connectivity index (χ0n) is 19.2. The topological polar surface area (TPSA) is 55.9 Å². The van der Waals surface area contributed by atoms with E-state index in [0.29, 0.717) is 13.1 Å². The Kier molecular flexibility index (Phi) is 7.10. The maximum absolute atomic E-state index is 13.2. The number of urea groups is 1. The van der Waals surface area contributed by atoms with Crippen molar-refractivity contribution >= 4 is 17.6 Å². The number of likely N-dealkylation sites (tertiary alicyclic amines) is 1. The van der Waals surface area contributed by atoms with E-state index in [0.717, 1.165) is 56.8 Å². The number of hydrogen-bond acceptors (Lipinski definition) is 3. The highest BCUT2D eigenvalue weighted by atomic mass is 16.2. The van der Waals surface area contributed by atoms with Gasteiger partial charge in [0.1, 0.15) is 0 Å². The smallest absolute Gasteiger partial charge is 0.321 e. The fraction of sp³-hybridized carbons (Fsp3) is 0.462. The molecule has 2 aromatic carbocycles. The summed E-state index contributed by atoms with van der Waals surface area (Å²) in [6.07, 6.45) is 1.72. The Morgan fingerprint density at radius 3 is 2.47 bits per heavy atom. The molecule has 0 spiro atoms. The zero-order valence-corrected chi connectivity index (χ0v) is 19.2. The Balaban J connectivity index is 1.28. The number of nitrogens with zero attached hydrogens (tertiary/aromatic N) is 3. The van der Waals surface area contributed by atoms with Crippen LogP contribution in [0.5, 0.6) is 0 Å². The number of aryl methyl sites for hydroxylation is 2. The third-order valence-corrected chi connectivity index (χ3v) is 6.67. The quantitative estimate of drug-likeness (QED) is 0.794. The largest absolute Gasteiger partial charge is 0.340 e. The van der Waals surface area contributed by atoms with Crippen molar-refractivity contribution < 1.29 is 9.59 Å². The lowest BCUT2D eigenvalue weighted by Crippen LogP contribution is -2.53. The number of anilines is 1. The van der Waals surface area contributed by atoms with Crippen LogP contribution in [0.1, 0.15) is 29.5 Å². The first-order valence-electron chi connectivity index (χ1n) is 11.7. The highest BCUT2D eigenvalue weighted by molar-refractivity contribution is 5.90. The second-order valence-electron chi connectivity index (χ2n) is 9.11. The van der Waals surface area contributed by atoms with E-state index in [1.807, 2.05) is 36.1 Å². The molecule has 2 aliphatic rings. The molecular weight excluding hydrogens is 400 g/mol. The van der Waals surface area contributed by atoms with Crippen LogP contribution in [0.3, 0.4) is 0 Å². The van der Waals surface area contributed by atoms with E-state index < -0.39 is 0 Å². The molecule has 1 unspecified atom stereocenters. The fourth-order valence-electron chi connectivity index (χ4n) is 4.70. The minimum absolute atomic E-state index is 0.102. The number of carbonyl (C=O) groups excluding carboxylic acids is 2. The Morgan fingerprint density at radius 1 is 0.938 bits per heavy atom. The van der Waals surface area contributed by atoms with Crippen molar-refractivity contribution in [3.8, 4) is 0 Å². The Hall–Kier alpha value is -2.86. The van der Waals surface area contributed by atoms with Gasteiger partial charge in [-0.1, -0.05) is 36.4 Å². The van der Waals surface area contributed by atoms with Crippen LogP contribution in [-0.2, 0) is 11.3 Å². The van der Waals surface area contributed by atoms with E-state index in [-0.39, 0.29) is 17.9 Å². The van der Waals surface area contributed by atoms with Gasteiger partial charge >= 0.3 is 6.03 Å². The lowest BCUT2D eigenvalue weighted by Gasteiger charge is -2.39. The molecule has 2 aliphatic heterocycles. The number of hydrogen-bond donors (Lipinski definition) is 1. The van der Waals surface area contributed by atoms with Gasteiger partial charge in [-0.2, -0.15) is 0 Å². The summed E-state index contributed by atoms with van der Waals surface area (Å²) in [4.78, 5) is 32.2. The molecule has 3 amide bonds. The molecule has 0 aliphatic carbocycles. The highest BCUT2D eigenvalue weighted by Gasteiger charge is 2.32. The second-order valence-corrected chi connectivity index (χ2v) is 9.11. The number of carbonyl (C=O) groups is 2. The third-order valence-electron chi connectivity index (χ3n) is 6.67. The summed E-state index contributed by atoms with van der Waals surface area (Å²) in [5, 5.41) is 2.98. The maximum Gasteiger partial charge on any atom is 0.321 e. The van der Waals surface area contributed by atoms with E-state index in [9.17, 15) is 9.59 Å². The minimum Gasteiger partial charge on any atom is -0.340 e. The molecule has 6 nitrogen and oxygen atoms in total. The van der Waals surface area contributed by atoms with Crippen LogP contribution >= 0.6 is 0 Å². The number of piperidine rings is 1. The summed E-state index contributed by atoms with van der Waals surface area (Å²) in [5.41, 5.74) is 4.58. The van der Waals surface area contributed by atoms with E-state index >= 15 is 0 Å². The van der Waals surface area contributed by atoms with Crippen molar-refractivity contribution in [1.82, 2.24) is 14.7 Å². The molecule has 0 aromatic heterocycles. The lowest BCUT2D eigenvalue weighted by molar-refractivity contribution is -0.138. The average molecular weight is 435 g/mol. The number of benzene rings is 2. The standard InChI is InChI=1S/C26H34N4O2/c1-20-7-5-11-24(17-20)27-26(32)30-12-6-10-23(19-30)25(31)29-15-13-28(14-16-29)18-22-9-4-3-8-21(22)2/h3-5,7-9,11,17,23H,6,10,12-16,18-19H2,1-2H3,(H,27,32). The first-order valence-corrected chi connectivity index (χ1v) is 11.7. The lowest BCUT2D eigenvalue weighted by atomic mass is 9.96.